The fourth-order valence-corrected chi connectivity index (χ4v) is 2.88. The Balaban J connectivity index is 2.23. The molecule has 0 radical (unpaired) electrons. The van der Waals surface area contributed by atoms with Crippen molar-refractivity contribution in [2.75, 3.05) is 14.2 Å². The van der Waals surface area contributed by atoms with Gasteiger partial charge in [0, 0.05) is 12.1 Å². The standard InChI is InChI=1S/C21H27ClN2O4/c1-14(2)10-11-24-19(22)15(3)20(23-24)28-12-16-8-6-7-9-17(16)18(13-26-4)21(25)27-5/h6-9,13-14H,10-12H2,1-5H3/b18-13+. The molecule has 0 unspecified atom stereocenters. The number of aromatic nitrogens is 2. The molecule has 1 aromatic carbocycles. The second-order valence-electron chi connectivity index (χ2n) is 6.83. The summed E-state index contributed by atoms with van der Waals surface area (Å²) in [4.78, 5) is 12.1. The highest BCUT2D eigenvalue weighted by atomic mass is 35.5. The number of aryl methyl sites for hydroxylation is 1. The molecule has 0 N–H and O–H groups in total. The lowest BCUT2D eigenvalue weighted by molar-refractivity contribution is -0.133. The Kier molecular flexibility index (Phi) is 7.93. The first kappa shape index (κ1) is 21.8. The number of nitrogens with zero attached hydrogens (tertiary/aromatic N) is 2. The van der Waals surface area contributed by atoms with E-state index in [1.165, 1.54) is 20.5 Å². The third-order valence-corrected chi connectivity index (χ3v) is 4.78. The number of rotatable bonds is 9. The van der Waals surface area contributed by atoms with Gasteiger partial charge in [-0.1, -0.05) is 49.7 Å². The maximum Gasteiger partial charge on any atom is 0.341 e. The maximum atomic E-state index is 12.1. The van der Waals surface area contributed by atoms with Crippen LogP contribution < -0.4 is 4.74 Å². The molecule has 28 heavy (non-hydrogen) atoms. The number of carbonyl (C=O) groups is 1. The number of esters is 1. The number of methoxy groups -OCH3 is 2. The van der Waals surface area contributed by atoms with E-state index in [0.717, 1.165) is 24.1 Å². The van der Waals surface area contributed by atoms with Gasteiger partial charge in [-0.05, 0) is 30.4 Å². The number of carbonyl (C=O) groups excluding carboxylic acids is 1. The molecule has 0 aliphatic rings. The fraction of sp³-hybridized carbons (Fsp3) is 0.429. The van der Waals surface area contributed by atoms with Gasteiger partial charge >= 0.3 is 5.97 Å². The average Bonchev–Trinajstić information content (AvgIpc) is 2.96. The topological polar surface area (TPSA) is 62.6 Å². The molecule has 2 rings (SSSR count). The van der Waals surface area contributed by atoms with Crippen LogP contribution in [0.1, 0.15) is 37.0 Å². The van der Waals surface area contributed by atoms with Crippen LogP contribution in [0.2, 0.25) is 5.15 Å². The van der Waals surface area contributed by atoms with Crippen molar-refractivity contribution in [1.29, 1.82) is 0 Å². The average molecular weight is 407 g/mol. The predicted molar refractivity (Wildman–Crippen MR) is 109 cm³/mol. The molecule has 0 saturated heterocycles. The van der Waals surface area contributed by atoms with Crippen molar-refractivity contribution in [3.05, 3.63) is 52.4 Å². The van der Waals surface area contributed by atoms with E-state index in [0.29, 0.717) is 28.1 Å². The highest BCUT2D eigenvalue weighted by Gasteiger charge is 2.18. The molecule has 0 amide bonds. The van der Waals surface area contributed by atoms with Crippen LogP contribution in [0.15, 0.2) is 30.5 Å². The Hall–Kier alpha value is -2.47. The minimum atomic E-state index is -0.480. The van der Waals surface area contributed by atoms with Crippen molar-refractivity contribution in [2.45, 2.75) is 40.3 Å². The molecule has 1 aromatic heterocycles. The molecule has 2 aromatic rings. The van der Waals surface area contributed by atoms with Crippen molar-refractivity contribution in [3.8, 4) is 5.88 Å². The Morgan fingerprint density at radius 3 is 2.64 bits per heavy atom. The van der Waals surface area contributed by atoms with Crippen LogP contribution >= 0.6 is 11.6 Å². The zero-order valence-corrected chi connectivity index (χ0v) is 17.7. The molecule has 0 fully saturated rings. The van der Waals surface area contributed by atoms with Crippen LogP contribution in [0.5, 0.6) is 5.88 Å². The lowest BCUT2D eigenvalue weighted by atomic mass is 10.0. The summed E-state index contributed by atoms with van der Waals surface area (Å²) in [5.41, 5.74) is 2.60. The summed E-state index contributed by atoms with van der Waals surface area (Å²) < 4.78 is 17.6. The van der Waals surface area contributed by atoms with Crippen molar-refractivity contribution in [3.63, 3.8) is 0 Å². The van der Waals surface area contributed by atoms with Crippen molar-refractivity contribution < 1.29 is 19.0 Å². The zero-order chi connectivity index (χ0) is 20.7. The highest BCUT2D eigenvalue weighted by molar-refractivity contribution is 6.30. The van der Waals surface area contributed by atoms with Gasteiger partial charge in [0.05, 0.1) is 20.5 Å². The van der Waals surface area contributed by atoms with Gasteiger partial charge in [-0.3, -0.25) is 4.68 Å². The van der Waals surface area contributed by atoms with E-state index in [-0.39, 0.29) is 6.61 Å². The van der Waals surface area contributed by atoms with Crippen LogP contribution in [0, 0.1) is 12.8 Å². The van der Waals surface area contributed by atoms with E-state index in [2.05, 4.69) is 18.9 Å². The highest BCUT2D eigenvalue weighted by Crippen LogP contribution is 2.28. The molecule has 152 valence electrons. The van der Waals surface area contributed by atoms with Gasteiger partial charge in [0.1, 0.15) is 17.3 Å². The third-order valence-electron chi connectivity index (χ3n) is 4.30. The molecule has 6 nitrogen and oxygen atoms in total. The first-order valence-corrected chi connectivity index (χ1v) is 9.52. The maximum absolute atomic E-state index is 12.1. The number of hydrogen-bond acceptors (Lipinski definition) is 5. The van der Waals surface area contributed by atoms with Crippen LogP contribution in [0.25, 0.3) is 5.57 Å². The summed E-state index contributed by atoms with van der Waals surface area (Å²) >= 11 is 6.40. The summed E-state index contributed by atoms with van der Waals surface area (Å²) in [6, 6.07) is 7.43. The van der Waals surface area contributed by atoms with Gasteiger partial charge in [-0.2, -0.15) is 0 Å². The summed E-state index contributed by atoms with van der Waals surface area (Å²) in [6.45, 7) is 7.16. The zero-order valence-electron chi connectivity index (χ0n) is 17.0. The Labute approximate surface area is 171 Å². The summed E-state index contributed by atoms with van der Waals surface area (Å²) in [5, 5.41) is 5.07. The predicted octanol–water partition coefficient (Wildman–Crippen LogP) is 4.63. The SMILES string of the molecule is CO/C=C(/C(=O)OC)c1ccccc1COc1nn(CCC(C)C)c(Cl)c1C. The summed E-state index contributed by atoms with van der Waals surface area (Å²) in [5.74, 6) is 0.562. The Bertz CT molecular complexity index is 843. The van der Waals surface area contributed by atoms with E-state index in [4.69, 9.17) is 25.8 Å². The molecule has 0 saturated carbocycles. The van der Waals surface area contributed by atoms with Crippen molar-refractivity contribution >= 4 is 23.1 Å². The number of hydrogen-bond donors (Lipinski definition) is 0. The number of ether oxygens (including phenoxy) is 3. The summed E-state index contributed by atoms with van der Waals surface area (Å²) in [6.07, 6.45) is 2.35. The Morgan fingerprint density at radius 2 is 2.00 bits per heavy atom. The van der Waals surface area contributed by atoms with Crippen molar-refractivity contribution in [2.24, 2.45) is 5.92 Å². The van der Waals surface area contributed by atoms with Gasteiger partial charge in [0.2, 0.25) is 5.88 Å². The second kappa shape index (κ2) is 10.2. The molecular weight excluding hydrogens is 380 g/mol. The number of benzene rings is 1. The molecule has 0 spiro atoms. The Morgan fingerprint density at radius 1 is 1.29 bits per heavy atom. The molecular formula is C21H27ClN2O4. The summed E-state index contributed by atoms with van der Waals surface area (Å²) in [7, 11) is 2.82. The minimum absolute atomic E-state index is 0.229. The molecule has 0 atom stereocenters. The van der Waals surface area contributed by atoms with Crippen molar-refractivity contribution in [1.82, 2.24) is 9.78 Å². The van der Waals surface area contributed by atoms with E-state index in [1.54, 1.807) is 4.68 Å². The van der Waals surface area contributed by atoms with Crippen LogP contribution in [-0.4, -0.2) is 30.0 Å². The molecule has 7 heteroatoms. The molecule has 0 aliphatic carbocycles. The van der Waals surface area contributed by atoms with Crippen LogP contribution in [-0.2, 0) is 27.4 Å². The van der Waals surface area contributed by atoms with Gasteiger partial charge in [0.15, 0.2) is 0 Å². The van der Waals surface area contributed by atoms with Crippen LogP contribution in [0.3, 0.4) is 0 Å². The molecule has 1 heterocycles. The fourth-order valence-electron chi connectivity index (χ4n) is 2.68. The van der Waals surface area contributed by atoms with E-state index in [9.17, 15) is 4.79 Å². The second-order valence-corrected chi connectivity index (χ2v) is 7.19. The first-order chi connectivity index (χ1) is 13.4. The van der Waals surface area contributed by atoms with Crippen LogP contribution in [0.4, 0.5) is 0 Å². The molecule has 0 bridgehead atoms. The quantitative estimate of drug-likeness (QED) is 0.345. The van der Waals surface area contributed by atoms with E-state index < -0.39 is 5.97 Å². The van der Waals surface area contributed by atoms with Gasteiger partial charge in [-0.25, -0.2) is 4.79 Å². The smallest absolute Gasteiger partial charge is 0.341 e. The van der Waals surface area contributed by atoms with E-state index in [1.807, 2.05) is 31.2 Å². The normalized spacial score (nSPS) is 11.6. The lowest BCUT2D eigenvalue weighted by Crippen LogP contribution is -2.08. The minimum Gasteiger partial charge on any atom is -0.503 e. The van der Waals surface area contributed by atoms with Gasteiger partial charge in [0.25, 0.3) is 0 Å². The first-order valence-electron chi connectivity index (χ1n) is 9.14. The van der Waals surface area contributed by atoms with Gasteiger partial charge < -0.3 is 14.2 Å². The number of halogens is 1. The monoisotopic (exact) mass is 406 g/mol. The molecule has 0 aliphatic heterocycles. The third kappa shape index (κ3) is 5.29. The lowest BCUT2D eigenvalue weighted by Gasteiger charge is -2.12. The van der Waals surface area contributed by atoms with E-state index >= 15 is 0 Å². The largest absolute Gasteiger partial charge is 0.503 e. The van der Waals surface area contributed by atoms with Gasteiger partial charge in [-0.15, -0.1) is 5.10 Å².